The third-order valence-electron chi connectivity index (χ3n) is 2.88. The van der Waals surface area contributed by atoms with Crippen LogP contribution < -0.4 is 5.32 Å². The highest BCUT2D eigenvalue weighted by Crippen LogP contribution is 2.28. The highest BCUT2D eigenvalue weighted by molar-refractivity contribution is 9.10. The normalized spacial score (nSPS) is 18.0. The van der Waals surface area contributed by atoms with Crippen molar-refractivity contribution >= 4 is 50.5 Å². The lowest BCUT2D eigenvalue weighted by atomic mass is 10.2. The lowest BCUT2D eigenvalue weighted by Crippen LogP contribution is -2.19. The van der Waals surface area contributed by atoms with Gasteiger partial charge in [-0.2, -0.15) is 0 Å². The van der Waals surface area contributed by atoms with Gasteiger partial charge in [-0.25, -0.2) is 9.38 Å². The van der Waals surface area contributed by atoms with Crippen LogP contribution in [0, 0.1) is 5.82 Å². The highest BCUT2D eigenvalue weighted by atomic mass is 79.9. The number of halogens is 2. The Kier molecular flexibility index (Phi) is 4.40. The summed E-state index contributed by atoms with van der Waals surface area (Å²) in [4.78, 5) is 16.8. The maximum Gasteiger partial charge on any atom is 0.264 e. The van der Waals surface area contributed by atoms with E-state index in [0.29, 0.717) is 10.1 Å². The molecule has 1 fully saturated rings. The van der Waals surface area contributed by atoms with Gasteiger partial charge in [0, 0.05) is 4.47 Å². The number of amides is 1. The smallest absolute Gasteiger partial charge is 0.264 e. The van der Waals surface area contributed by atoms with Crippen LogP contribution in [0.25, 0.3) is 6.08 Å². The van der Waals surface area contributed by atoms with Gasteiger partial charge in [0.2, 0.25) is 0 Å². The Bertz CT molecular complexity index is 770. The monoisotopic (exact) mass is 376 g/mol. The summed E-state index contributed by atoms with van der Waals surface area (Å²) < 4.78 is 13.9. The first-order chi connectivity index (χ1) is 10.6. The Labute approximate surface area is 139 Å². The summed E-state index contributed by atoms with van der Waals surface area (Å²) in [5.74, 6) is -0.506. The van der Waals surface area contributed by atoms with Crippen molar-refractivity contribution in [3.63, 3.8) is 0 Å². The number of rotatable bonds is 2. The van der Waals surface area contributed by atoms with Crippen molar-refractivity contribution in [2.75, 3.05) is 0 Å². The molecule has 2 aromatic rings. The van der Waals surface area contributed by atoms with E-state index in [9.17, 15) is 9.18 Å². The second-order valence-electron chi connectivity index (χ2n) is 4.51. The first-order valence-corrected chi connectivity index (χ1v) is 8.02. The van der Waals surface area contributed by atoms with E-state index in [4.69, 9.17) is 0 Å². The van der Waals surface area contributed by atoms with Gasteiger partial charge in [-0.3, -0.25) is 4.79 Å². The average Bonchev–Trinajstić information content (AvgIpc) is 2.84. The molecule has 0 aliphatic carbocycles. The van der Waals surface area contributed by atoms with Crippen molar-refractivity contribution in [2.24, 2.45) is 4.99 Å². The van der Waals surface area contributed by atoms with Crippen molar-refractivity contribution in [1.29, 1.82) is 0 Å². The fourth-order valence-corrected chi connectivity index (χ4v) is 2.93. The molecule has 1 aliphatic heterocycles. The molecule has 1 aliphatic rings. The number of carbonyl (C=O) groups is 1. The molecule has 0 spiro atoms. The number of carbonyl (C=O) groups excluding carboxylic acids is 1. The molecule has 1 saturated heterocycles. The number of hydrogen-bond donors (Lipinski definition) is 1. The second-order valence-corrected chi connectivity index (χ2v) is 6.46. The zero-order valence-corrected chi connectivity index (χ0v) is 13.6. The van der Waals surface area contributed by atoms with Crippen LogP contribution in [0.4, 0.5) is 10.1 Å². The molecule has 1 heterocycles. The Balaban J connectivity index is 1.80. The molecular weight excluding hydrogens is 367 g/mol. The van der Waals surface area contributed by atoms with Gasteiger partial charge in [-0.15, -0.1) is 0 Å². The first-order valence-electron chi connectivity index (χ1n) is 6.41. The Morgan fingerprint density at radius 1 is 1.09 bits per heavy atom. The third kappa shape index (κ3) is 3.64. The van der Waals surface area contributed by atoms with E-state index in [0.717, 1.165) is 15.7 Å². The lowest BCUT2D eigenvalue weighted by molar-refractivity contribution is -0.115. The van der Waals surface area contributed by atoms with Crippen LogP contribution in [0.5, 0.6) is 0 Å². The number of hydrogen-bond acceptors (Lipinski definition) is 3. The number of benzene rings is 2. The number of nitrogens with zero attached hydrogens (tertiary/aromatic N) is 1. The molecule has 1 N–H and O–H groups in total. The van der Waals surface area contributed by atoms with E-state index in [1.54, 1.807) is 18.2 Å². The zero-order valence-electron chi connectivity index (χ0n) is 11.2. The van der Waals surface area contributed by atoms with E-state index >= 15 is 0 Å². The van der Waals surface area contributed by atoms with Crippen LogP contribution in [-0.4, -0.2) is 11.1 Å². The largest absolute Gasteiger partial charge is 0.300 e. The van der Waals surface area contributed by atoms with Crippen LogP contribution >= 0.6 is 27.7 Å². The molecule has 3 nitrogen and oxygen atoms in total. The summed E-state index contributed by atoms with van der Waals surface area (Å²) >= 11 is 4.62. The van der Waals surface area contributed by atoms with E-state index in [1.807, 2.05) is 24.3 Å². The first kappa shape index (κ1) is 15.0. The number of aliphatic imine (C=N–C) groups is 1. The minimum absolute atomic E-state index is 0.204. The van der Waals surface area contributed by atoms with Crippen LogP contribution in [-0.2, 0) is 4.79 Å². The van der Waals surface area contributed by atoms with Crippen molar-refractivity contribution in [2.45, 2.75) is 0 Å². The molecule has 1 amide bonds. The van der Waals surface area contributed by atoms with E-state index in [1.165, 1.54) is 23.9 Å². The number of amidine groups is 1. The topological polar surface area (TPSA) is 41.5 Å². The predicted octanol–water partition coefficient (Wildman–Crippen LogP) is 4.48. The van der Waals surface area contributed by atoms with Crippen LogP contribution in [0.15, 0.2) is 62.9 Å². The predicted molar refractivity (Wildman–Crippen MR) is 91.3 cm³/mol. The van der Waals surface area contributed by atoms with Gasteiger partial charge in [-0.05, 0) is 59.8 Å². The van der Waals surface area contributed by atoms with Gasteiger partial charge >= 0.3 is 0 Å². The van der Waals surface area contributed by atoms with Crippen molar-refractivity contribution in [3.05, 3.63) is 69.3 Å². The standard InChI is InChI=1S/C16H10BrFN2OS/c17-11-3-7-13(8-4-11)19-16-20-15(21)14(22-16)9-10-1-5-12(18)6-2-10/h1-9H,(H,19,20,21). The summed E-state index contributed by atoms with van der Waals surface area (Å²) in [5.41, 5.74) is 1.53. The summed E-state index contributed by atoms with van der Waals surface area (Å²) in [7, 11) is 0. The molecule has 0 saturated carbocycles. The molecule has 6 heteroatoms. The Morgan fingerprint density at radius 2 is 1.77 bits per heavy atom. The Hall–Kier alpha value is -1.92. The molecule has 0 atom stereocenters. The molecule has 0 radical (unpaired) electrons. The highest BCUT2D eigenvalue weighted by Gasteiger charge is 2.23. The van der Waals surface area contributed by atoms with Crippen LogP contribution in [0.2, 0.25) is 0 Å². The van der Waals surface area contributed by atoms with Crippen molar-refractivity contribution in [1.82, 2.24) is 5.32 Å². The molecule has 22 heavy (non-hydrogen) atoms. The molecular formula is C16H10BrFN2OS. The number of thioether (sulfide) groups is 1. The quantitative estimate of drug-likeness (QED) is 0.785. The van der Waals surface area contributed by atoms with Gasteiger partial charge in [0.1, 0.15) is 5.82 Å². The molecule has 110 valence electrons. The van der Waals surface area contributed by atoms with E-state index in [2.05, 4.69) is 26.2 Å². The van der Waals surface area contributed by atoms with E-state index < -0.39 is 0 Å². The summed E-state index contributed by atoms with van der Waals surface area (Å²) in [6.07, 6.45) is 1.71. The minimum atomic E-state index is -0.303. The summed E-state index contributed by atoms with van der Waals surface area (Å²) in [6.45, 7) is 0. The lowest BCUT2D eigenvalue weighted by Gasteiger charge is -1.96. The molecule has 0 unspecified atom stereocenters. The fraction of sp³-hybridized carbons (Fsp3) is 0. The molecule has 3 rings (SSSR count). The molecule has 0 aromatic heterocycles. The van der Waals surface area contributed by atoms with E-state index in [-0.39, 0.29) is 11.7 Å². The van der Waals surface area contributed by atoms with Crippen molar-refractivity contribution < 1.29 is 9.18 Å². The SMILES string of the molecule is O=C1NC(=Nc2ccc(Br)cc2)SC1=Cc1ccc(F)cc1. The van der Waals surface area contributed by atoms with Gasteiger partial charge in [0.15, 0.2) is 5.17 Å². The second kappa shape index (κ2) is 6.46. The van der Waals surface area contributed by atoms with Crippen LogP contribution in [0.3, 0.4) is 0 Å². The molecule has 2 aromatic carbocycles. The Morgan fingerprint density at radius 3 is 2.45 bits per heavy atom. The maximum atomic E-state index is 12.9. The third-order valence-corrected chi connectivity index (χ3v) is 4.31. The minimum Gasteiger partial charge on any atom is -0.300 e. The van der Waals surface area contributed by atoms with Gasteiger partial charge in [0.25, 0.3) is 5.91 Å². The number of nitrogens with one attached hydrogen (secondary N) is 1. The summed E-state index contributed by atoms with van der Waals surface area (Å²) in [5, 5.41) is 3.25. The van der Waals surface area contributed by atoms with Gasteiger partial charge < -0.3 is 5.32 Å². The molecule has 0 bridgehead atoms. The fourth-order valence-electron chi connectivity index (χ4n) is 1.82. The summed E-state index contributed by atoms with van der Waals surface area (Å²) in [6, 6.07) is 13.4. The van der Waals surface area contributed by atoms with Gasteiger partial charge in [0.05, 0.1) is 10.6 Å². The average molecular weight is 377 g/mol. The maximum absolute atomic E-state index is 12.9. The zero-order chi connectivity index (χ0) is 15.5. The van der Waals surface area contributed by atoms with Crippen LogP contribution in [0.1, 0.15) is 5.56 Å². The van der Waals surface area contributed by atoms with Crippen molar-refractivity contribution in [3.8, 4) is 0 Å². The van der Waals surface area contributed by atoms with Gasteiger partial charge in [-0.1, -0.05) is 28.1 Å².